The van der Waals surface area contributed by atoms with Gasteiger partial charge in [0.15, 0.2) is 0 Å². The van der Waals surface area contributed by atoms with E-state index in [4.69, 9.17) is 24.7 Å². The summed E-state index contributed by atoms with van der Waals surface area (Å²) < 4.78 is 7.22. The van der Waals surface area contributed by atoms with Gasteiger partial charge in [0.05, 0.1) is 0 Å². The number of unbranched alkanes of at least 4 members (excludes halogenated alkanes) is 24. The highest BCUT2D eigenvalue weighted by molar-refractivity contribution is 5.45. The van der Waals surface area contributed by atoms with Crippen molar-refractivity contribution in [1.29, 1.82) is 0 Å². The number of nitrogens with zero attached hydrogens (tertiary/aromatic N) is 4. The summed E-state index contributed by atoms with van der Waals surface area (Å²) in [5.41, 5.74) is 8.38. The number of aromatic nitrogens is 4. The van der Waals surface area contributed by atoms with Gasteiger partial charge in [-0.15, -0.1) is 0 Å². The topological polar surface area (TPSA) is 60.8 Å². The minimum Gasteiger partial charge on any atom is -0.457 e. The summed E-state index contributed by atoms with van der Waals surface area (Å²) in [6.45, 7) is 9.23. The van der Waals surface area contributed by atoms with E-state index in [9.17, 15) is 0 Å². The van der Waals surface area contributed by atoms with Crippen molar-refractivity contribution >= 4 is 0 Å². The molecular weight excluding hydrogens is 913 g/mol. The van der Waals surface area contributed by atoms with Crippen molar-refractivity contribution < 1.29 is 4.74 Å². The minimum absolute atomic E-state index is 0.475. The zero-order valence-corrected chi connectivity index (χ0v) is 49.0. The van der Waals surface area contributed by atoms with Crippen LogP contribution in [0.5, 0.6) is 11.5 Å². The molecule has 2 aliphatic carbocycles. The van der Waals surface area contributed by atoms with E-state index in [0.717, 1.165) is 61.7 Å². The van der Waals surface area contributed by atoms with Crippen LogP contribution >= 0.6 is 0 Å². The van der Waals surface area contributed by atoms with E-state index in [0.29, 0.717) is 23.7 Å². The first kappa shape index (κ1) is 60.6. The number of rotatable bonds is 40. The molecule has 5 nitrogen and oxygen atoms in total. The Kier molecular flexibility index (Phi) is 30.1. The van der Waals surface area contributed by atoms with Crippen LogP contribution in [0.25, 0.3) is 0 Å². The number of hydrogen-bond donors (Lipinski definition) is 0. The summed E-state index contributed by atoms with van der Waals surface area (Å²) in [5, 5.41) is 0. The van der Waals surface area contributed by atoms with Crippen LogP contribution in [-0.2, 0) is 38.5 Å². The summed E-state index contributed by atoms with van der Waals surface area (Å²) in [6, 6.07) is 14.5. The Morgan fingerprint density at radius 2 is 0.613 bits per heavy atom. The molecule has 2 aliphatic rings. The first-order valence-corrected chi connectivity index (χ1v) is 32.6. The third kappa shape index (κ3) is 23.5. The van der Waals surface area contributed by atoms with E-state index in [-0.39, 0.29) is 0 Å². The van der Waals surface area contributed by atoms with Crippen molar-refractivity contribution in [2.24, 2.45) is 11.8 Å². The predicted molar refractivity (Wildman–Crippen MR) is 321 cm³/mol. The van der Waals surface area contributed by atoms with Gasteiger partial charge in [0, 0.05) is 36.6 Å². The molecule has 0 N–H and O–H groups in total. The molecule has 0 amide bonds. The van der Waals surface area contributed by atoms with Gasteiger partial charge in [-0.25, -0.2) is 19.9 Å². The van der Waals surface area contributed by atoms with Gasteiger partial charge in [-0.1, -0.05) is 206 Å². The molecule has 0 spiro atoms. The van der Waals surface area contributed by atoms with E-state index in [1.807, 2.05) is 0 Å². The zero-order valence-electron chi connectivity index (χ0n) is 49.0. The van der Waals surface area contributed by atoms with E-state index in [2.05, 4.69) is 88.9 Å². The molecule has 0 atom stereocenters. The summed E-state index contributed by atoms with van der Waals surface area (Å²) in [4.78, 5) is 19.9. The van der Waals surface area contributed by atoms with Crippen LogP contribution in [0.4, 0.5) is 0 Å². The maximum absolute atomic E-state index is 7.22. The van der Waals surface area contributed by atoms with Crippen LogP contribution in [0.1, 0.15) is 316 Å². The fraction of sp³-hybridized carbons (Fsp3) is 0.714. The lowest BCUT2D eigenvalue weighted by Crippen LogP contribution is -2.18. The lowest BCUT2D eigenvalue weighted by molar-refractivity contribution is 0.312. The summed E-state index contributed by atoms with van der Waals surface area (Å²) in [7, 11) is 0. The smallest absolute Gasteiger partial charge is 0.131 e. The molecule has 5 heteroatoms. The van der Waals surface area contributed by atoms with Gasteiger partial charge >= 0.3 is 0 Å². The Morgan fingerprint density at radius 1 is 0.333 bits per heavy atom. The monoisotopic (exact) mass is 1020 g/mol. The predicted octanol–water partition coefficient (Wildman–Crippen LogP) is 21.3. The molecule has 0 bridgehead atoms. The van der Waals surface area contributed by atoms with E-state index < -0.39 is 0 Å². The molecular formula is C70H110N4O. The molecule has 2 aromatic heterocycles. The maximum Gasteiger partial charge on any atom is 0.131 e. The lowest BCUT2D eigenvalue weighted by atomic mass is 9.78. The number of hydrogen-bond acceptors (Lipinski definition) is 5. The fourth-order valence-corrected chi connectivity index (χ4v) is 12.6. The second-order valence-corrected chi connectivity index (χ2v) is 24.2. The largest absolute Gasteiger partial charge is 0.457 e. The van der Waals surface area contributed by atoms with Crippen molar-refractivity contribution in [3.63, 3.8) is 0 Å². The van der Waals surface area contributed by atoms with Gasteiger partial charge in [0.25, 0.3) is 0 Å². The first-order valence-electron chi connectivity index (χ1n) is 32.6. The summed E-state index contributed by atoms with van der Waals surface area (Å²) >= 11 is 0. The average Bonchev–Trinajstić information content (AvgIpc) is 3.44. The molecule has 2 fully saturated rings. The van der Waals surface area contributed by atoms with Crippen LogP contribution < -0.4 is 4.74 Å². The van der Waals surface area contributed by atoms with E-state index in [1.165, 1.54) is 265 Å². The molecule has 2 aromatic carbocycles. The Labute approximate surface area is 461 Å². The van der Waals surface area contributed by atoms with Gasteiger partial charge in [-0.3, -0.25) is 0 Å². The molecule has 416 valence electrons. The van der Waals surface area contributed by atoms with Gasteiger partial charge in [0.2, 0.25) is 0 Å². The zero-order chi connectivity index (χ0) is 52.4. The van der Waals surface area contributed by atoms with Crippen LogP contribution in [0, 0.1) is 11.8 Å². The number of aryl methyl sites for hydroxylation is 4. The molecule has 4 aromatic rings. The summed E-state index contributed by atoms with van der Waals surface area (Å²) in [6.07, 6.45) is 62.8. The van der Waals surface area contributed by atoms with Gasteiger partial charge in [-0.2, -0.15) is 0 Å². The number of benzene rings is 2. The molecule has 0 aliphatic heterocycles. The van der Waals surface area contributed by atoms with Gasteiger partial charge in [0.1, 0.15) is 23.1 Å². The maximum atomic E-state index is 7.22. The molecule has 0 radical (unpaired) electrons. The van der Waals surface area contributed by atoms with E-state index >= 15 is 0 Å². The van der Waals surface area contributed by atoms with Crippen molar-refractivity contribution in [2.45, 2.75) is 309 Å². The molecule has 0 saturated heterocycles. The van der Waals surface area contributed by atoms with Gasteiger partial charge < -0.3 is 4.74 Å². The quantitative estimate of drug-likeness (QED) is 0.0416. The van der Waals surface area contributed by atoms with E-state index in [1.54, 1.807) is 0 Å². The normalized spacial score (nSPS) is 17.9. The van der Waals surface area contributed by atoms with Crippen LogP contribution in [-0.4, -0.2) is 19.9 Å². The highest BCUT2D eigenvalue weighted by atomic mass is 16.5. The second kappa shape index (κ2) is 37.3. The van der Waals surface area contributed by atoms with Crippen molar-refractivity contribution in [2.75, 3.05) is 0 Å². The van der Waals surface area contributed by atoms with Crippen molar-refractivity contribution in [1.82, 2.24) is 19.9 Å². The van der Waals surface area contributed by atoms with Gasteiger partial charge in [-0.05, 0) is 173 Å². The Morgan fingerprint density at radius 3 is 0.933 bits per heavy atom. The minimum atomic E-state index is 0.475. The van der Waals surface area contributed by atoms with Crippen LogP contribution in [0.2, 0.25) is 0 Å². The van der Waals surface area contributed by atoms with Crippen LogP contribution in [0.15, 0.2) is 61.2 Å². The fourth-order valence-electron chi connectivity index (χ4n) is 12.6. The Balaban J connectivity index is 1.02. The van der Waals surface area contributed by atoms with Crippen molar-refractivity contribution in [3.8, 4) is 11.5 Å². The third-order valence-electron chi connectivity index (χ3n) is 17.6. The Hall–Kier alpha value is -3.60. The SMILES string of the molecule is CCCCCCCCCCCCc1cnc([C@H]2CC[C@H](Cc3cc(CCCCCC)ccc3Oc3ccc(CCCCCC)cc3C[C@H]3CC[C@H](c4ncc(CCCCCCCCCCCC)cn4)CC3)CC2)nc1. The molecule has 6 rings (SSSR count). The lowest BCUT2D eigenvalue weighted by Gasteiger charge is -2.29. The average molecular weight is 1020 g/mol. The highest BCUT2D eigenvalue weighted by Gasteiger charge is 2.28. The standard InChI is InChI=1S/C70H110N4O/c1-5-9-13-17-19-21-23-25-27-31-35-61-53-71-69(72-54-61)63-43-37-59(38-44-63)51-65-49-57(33-29-15-11-7-3)41-47-67(65)75-68-48-42-58(34-30-16-12-8-4)50-66(68)52-60-39-45-64(46-40-60)70-73-55-62(56-74-70)36-32-28-26-24-22-20-18-14-10-6-2/h41-42,47-50,53-56,59-60,63-64H,5-40,43-46,51-52H2,1-4H3/t59-,60-,63-,64-. The molecule has 75 heavy (non-hydrogen) atoms. The second-order valence-electron chi connectivity index (χ2n) is 24.2. The Bertz CT molecular complexity index is 1900. The molecule has 0 unspecified atom stereocenters. The molecule has 2 heterocycles. The highest BCUT2D eigenvalue weighted by Crippen LogP contribution is 2.41. The first-order chi connectivity index (χ1) is 37.0. The third-order valence-corrected chi connectivity index (χ3v) is 17.6. The van der Waals surface area contributed by atoms with Crippen LogP contribution in [0.3, 0.4) is 0 Å². The number of ether oxygens (including phenoxy) is 1. The van der Waals surface area contributed by atoms with Crippen molar-refractivity contribution in [3.05, 3.63) is 106 Å². The summed E-state index contributed by atoms with van der Waals surface area (Å²) in [5.74, 6) is 6.55. The molecule has 2 saturated carbocycles.